The van der Waals surface area contributed by atoms with E-state index in [0.29, 0.717) is 5.15 Å². The highest BCUT2D eigenvalue weighted by atomic mass is 79.9. The van der Waals surface area contributed by atoms with Gasteiger partial charge in [0.25, 0.3) is 0 Å². The fourth-order valence-electron chi connectivity index (χ4n) is 1.61. The molecule has 3 heterocycles. The molecule has 0 aliphatic rings. The van der Waals surface area contributed by atoms with Crippen LogP contribution in [0.5, 0.6) is 0 Å². The number of thiophene rings is 1. The molecule has 0 amide bonds. The highest BCUT2D eigenvalue weighted by molar-refractivity contribution is 9.11. The van der Waals surface area contributed by atoms with Gasteiger partial charge in [-0.1, -0.05) is 17.7 Å². The lowest BCUT2D eigenvalue weighted by Crippen LogP contribution is -1.85. The number of halogens is 2. The normalized spacial score (nSPS) is 11.1. The van der Waals surface area contributed by atoms with Crippen LogP contribution in [0, 0.1) is 0 Å². The Kier molecular flexibility index (Phi) is 2.50. The summed E-state index contributed by atoms with van der Waals surface area (Å²) in [5, 5.41) is 0.542. The molecule has 3 aromatic heterocycles. The van der Waals surface area contributed by atoms with Crippen molar-refractivity contribution < 1.29 is 0 Å². The third-order valence-corrected chi connectivity index (χ3v) is 4.19. The molecule has 0 radical (unpaired) electrons. The van der Waals surface area contributed by atoms with Crippen LogP contribution in [0.2, 0.25) is 5.15 Å². The smallest absolute Gasteiger partial charge is 0.156 e. The van der Waals surface area contributed by atoms with E-state index in [1.165, 1.54) is 0 Å². The highest BCUT2D eigenvalue weighted by Gasteiger charge is 2.11. The third-order valence-electron chi connectivity index (χ3n) is 2.30. The second kappa shape index (κ2) is 3.87. The summed E-state index contributed by atoms with van der Waals surface area (Å²) in [5.41, 5.74) is 0.934. The van der Waals surface area contributed by atoms with Crippen molar-refractivity contribution in [3.05, 3.63) is 45.5 Å². The molecule has 16 heavy (non-hydrogen) atoms. The molecule has 0 N–H and O–H groups in total. The minimum Gasteiger partial charge on any atom is -0.298 e. The Bertz CT molecular complexity index is 659. The molecule has 0 aromatic carbocycles. The Balaban J connectivity index is 2.32. The predicted molar refractivity (Wildman–Crippen MR) is 71.2 cm³/mol. The van der Waals surface area contributed by atoms with Crippen LogP contribution < -0.4 is 0 Å². The highest BCUT2D eigenvalue weighted by Crippen LogP contribution is 2.32. The van der Waals surface area contributed by atoms with Crippen LogP contribution in [-0.2, 0) is 0 Å². The second-order valence-electron chi connectivity index (χ2n) is 3.29. The average Bonchev–Trinajstić information content (AvgIpc) is 2.84. The maximum atomic E-state index is 6.10. The summed E-state index contributed by atoms with van der Waals surface area (Å²) >= 11 is 11.2. The van der Waals surface area contributed by atoms with Crippen LogP contribution >= 0.6 is 38.9 Å². The molecule has 0 spiro atoms. The number of aromatic nitrogens is 2. The van der Waals surface area contributed by atoms with Crippen molar-refractivity contribution in [1.29, 1.82) is 0 Å². The summed E-state index contributed by atoms with van der Waals surface area (Å²) in [7, 11) is 0. The van der Waals surface area contributed by atoms with Crippen molar-refractivity contribution in [3.63, 3.8) is 0 Å². The first kappa shape index (κ1) is 10.3. The first-order valence-electron chi connectivity index (χ1n) is 4.64. The maximum absolute atomic E-state index is 6.10. The molecule has 3 aromatic rings. The molecule has 0 unspecified atom stereocenters. The molecule has 80 valence electrons. The van der Waals surface area contributed by atoms with E-state index in [0.717, 1.165) is 20.0 Å². The predicted octanol–water partition coefficient (Wildman–Crippen LogP) is 4.48. The fourth-order valence-corrected chi connectivity index (χ4v) is 3.22. The molecule has 0 aliphatic heterocycles. The lowest BCUT2D eigenvalue weighted by atomic mass is 10.4. The number of nitrogens with zero attached hydrogens (tertiary/aromatic N) is 2. The van der Waals surface area contributed by atoms with Gasteiger partial charge in [0.15, 0.2) is 11.0 Å². The maximum Gasteiger partial charge on any atom is 0.156 e. The number of rotatable bonds is 1. The molecule has 0 saturated heterocycles. The summed E-state index contributed by atoms with van der Waals surface area (Å²) in [6, 6.07) is 9.93. The van der Waals surface area contributed by atoms with Gasteiger partial charge in [0.2, 0.25) is 0 Å². The zero-order valence-electron chi connectivity index (χ0n) is 8.02. The molecule has 2 nitrogen and oxygen atoms in total. The van der Waals surface area contributed by atoms with E-state index < -0.39 is 0 Å². The first-order chi connectivity index (χ1) is 7.75. The second-order valence-corrected chi connectivity index (χ2v) is 6.11. The van der Waals surface area contributed by atoms with E-state index in [1.54, 1.807) is 11.3 Å². The lowest BCUT2D eigenvalue weighted by molar-refractivity contribution is 1.17. The van der Waals surface area contributed by atoms with E-state index >= 15 is 0 Å². The van der Waals surface area contributed by atoms with E-state index in [-0.39, 0.29) is 0 Å². The van der Waals surface area contributed by atoms with Crippen LogP contribution in [0.4, 0.5) is 0 Å². The van der Waals surface area contributed by atoms with E-state index in [9.17, 15) is 0 Å². The molecule has 0 aliphatic carbocycles. The number of hydrogen-bond donors (Lipinski definition) is 0. The van der Waals surface area contributed by atoms with Gasteiger partial charge < -0.3 is 0 Å². The molecule has 0 saturated carbocycles. The van der Waals surface area contributed by atoms with Gasteiger partial charge in [0.1, 0.15) is 0 Å². The average molecular weight is 314 g/mol. The Labute approximate surface area is 110 Å². The molecule has 0 atom stereocenters. The van der Waals surface area contributed by atoms with Crippen molar-refractivity contribution >= 4 is 44.4 Å². The molecular formula is C11H6BrClN2S. The van der Waals surface area contributed by atoms with Crippen molar-refractivity contribution in [2.75, 3.05) is 0 Å². The third kappa shape index (κ3) is 1.57. The quantitative estimate of drug-likeness (QED) is 0.647. The number of fused-ring (bicyclic) bond motifs is 1. The van der Waals surface area contributed by atoms with E-state index in [1.807, 2.05) is 40.9 Å². The Morgan fingerprint density at radius 1 is 1.25 bits per heavy atom. The van der Waals surface area contributed by atoms with Crippen LogP contribution in [0.15, 0.2) is 40.3 Å². The summed E-state index contributed by atoms with van der Waals surface area (Å²) in [4.78, 5) is 5.49. The molecule has 5 heteroatoms. The monoisotopic (exact) mass is 312 g/mol. The van der Waals surface area contributed by atoms with Crippen molar-refractivity contribution in [2.24, 2.45) is 0 Å². The largest absolute Gasteiger partial charge is 0.298 e. The van der Waals surface area contributed by atoms with Crippen molar-refractivity contribution in [1.82, 2.24) is 9.38 Å². The molecule has 0 fully saturated rings. The topological polar surface area (TPSA) is 17.3 Å². The zero-order valence-corrected chi connectivity index (χ0v) is 11.2. The van der Waals surface area contributed by atoms with Gasteiger partial charge in [0, 0.05) is 6.20 Å². The Hall–Kier alpha value is -0.840. The van der Waals surface area contributed by atoms with Crippen LogP contribution in [0.25, 0.3) is 16.2 Å². The number of hydrogen-bond acceptors (Lipinski definition) is 2. The Morgan fingerprint density at radius 3 is 2.88 bits per heavy atom. The van der Waals surface area contributed by atoms with Gasteiger partial charge in [0.05, 0.1) is 14.2 Å². The minimum atomic E-state index is 0.542. The summed E-state index contributed by atoms with van der Waals surface area (Å²) in [6.45, 7) is 0. The zero-order chi connectivity index (χ0) is 11.1. The van der Waals surface area contributed by atoms with Gasteiger partial charge >= 0.3 is 0 Å². The number of pyridine rings is 1. The van der Waals surface area contributed by atoms with Gasteiger partial charge in [-0.25, -0.2) is 4.98 Å². The van der Waals surface area contributed by atoms with E-state index in [4.69, 9.17) is 11.6 Å². The lowest BCUT2D eigenvalue weighted by Gasteiger charge is -1.96. The van der Waals surface area contributed by atoms with Gasteiger partial charge in [-0.2, -0.15) is 0 Å². The first-order valence-corrected chi connectivity index (χ1v) is 6.63. The minimum absolute atomic E-state index is 0.542. The van der Waals surface area contributed by atoms with Gasteiger partial charge in [-0.05, 0) is 40.2 Å². The van der Waals surface area contributed by atoms with Crippen molar-refractivity contribution in [2.45, 2.75) is 0 Å². The SMILES string of the molecule is Clc1nc(-c2ccc(Br)s2)n2ccccc12. The molecule has 3 rings (SSSR count). The summed E-state index contributed by atoms with van der Waals surface area (Å²) in [6.07, 6.45) is 1.97. The number of imidazole rings is 1. The summed E-state index contributed by atoms with van der Waals surface area (Å²) in [5.74, 6) is 0.885. The molecule has 0 bridgehead atoms. The van der Waals surface area contributed by atoms with Crippen molar-refractivity contribution in [3.8, 4) is 10.7 Å². The summed E-state index contributed by atoms with van der Waals surface area (Å²) < 4.78 is 3.09. The van der Waals surface area contributed by atoms with E-state index in [2.05, 4.69) is 20.9 Å². The van der Waals surface area contributed by atoms with Crippen LogP contribution in [-0.4, -0.2) is 9.38 Å². The van der Waals surface area contributed by atoms with Gasteiger partial charge in [-0.3, -0.25) is 4.40 Å². The Morgan fingerprint density at radius 2 is 2.12 bits per heavy atom. The van der Waals surface area contributed by atoms with Crippen LogP contribution in [0.1, 0.15) is 0 Å². The molecular weight excluding hydrogens is 308 g/mol. The fraction of sp³-hybridized carbons (Fsp3) is 0. The standard InChI is InChI=1S/C11H6BrClN2S/c12-9-5-4-8(16-9)11-14-10(13)7-3-1-2-6-15(7)11/h1-6H. The van der Waals surface area contributed by atoms with Crippen LogP contribution in [0.3, 0.4) is 0 Å². The van der Waals surface area contributed by atoms with Gasteiger partial charge in [-0.15, -0.1) is 11.3 Å².